The van der Waals surface area contributed by atoms with Crippen LogP contribution in [0.25, 0.3) is 0 Å². The normalized spacial score (nSPS) is 27.6. The first-order valence-corrected chi connectivity index (χ1v) is 5.69. The maximum absolute atomic E-state index is 5.94. The van der Waals surface area contributed by atoms with Gasteiger partial charge < -0.3 is 15.8 Å². The summed E-state index contributed by atoms with van der Waals surface area (Å²) in [6, 6.07) is 0.291. The lowest BCUT2D eigenvalue weighted by atomic mass is 10.2. The van der Waals surface area contributed by atoms with Crippen molar-refractivity contribution in [2.75, 3.05) is 26.8 Å². The topological polar surface area (TPSA) is 47.3 Å². The summed E-state index contributed by atoms with van der Waals surface area (Å²) in [5, 5.41) is 3.44. The Labute approximate surface area is 87.4 Å². The van der Waals surface area contributed by atoms with Crippen LogP contribution in [0, 0.1) is 11.8 Å². The van der Waals surface area contributed by atoms with Gasteiger partial charge in [-0.3, -0.25) is 0 Å². The molecule has 1 aliphatic carbocycles. The van der Waals surface area contributed by atoms with Gasteiger partial charge in [0.25, 0.3) is 0 Å². The second-order valence-electron chi connectivity index (χ2n) is 4.53. The van der Waals surface area contributed by atoms with Gasteiger partial charge in [-0.15, -0.1) is 0 Å². The fourth-order valence-corrected chi connectivity index (χ4v) is 1.73. The summed E-state index contributed by atoms with van der Waals surface area (Å²) in [6.45, 7) is 5.24. The molecule has 0 spiro atoms. The van der Waals surface area contributed by atoms with Crippen LogP contribution < -0.4 is 11.1 Å². The van der Waals surface area contributed by atoms with Crippen LogP contribution in [-0.4, -0.2) is 32.8 Å². The molecule has 3 atom stereocenters. The highest BCUT2D eigenvalue weighted by Gasteiger charge is 2.31. The van der Waals surface area contributed by atoms with Gasteiger partial charge in [0, 0.05) is 26.3 Å². The minimum Gasteiger partial charge on any atom is -0.385 e. The maximum Gasteiger partial charge on any atom is 0.0462 e. The maximum atomic E-state index is 5.94. The van der Waals surface area contributed by atoms with Gasteiger partial charge in [0.05, 0.1) is 0 Å². The van der Waals surface area contributed by atoms with Gasteiger partial charge >= 0.3 is 0 Å². The number of nitrogens with one attached hydrogen (secondary N) is 1. The Morgan fingerprint density at radius 1 is 1.57 bits per heavy atom. The summed E-state index contributed by atoms with van der Waals surface area (Å²) in [4.78, 5) is 0. The molecule has 0 aromatic carbocycles. The quantitative estimate of drug-likeness (QED) is 0.574. The van der Waals surface area contributed by atoms with Gasteiger partial charge in [0.15, 0.2) is 0 Å². The van der Waals surface area contributed by atoms with Crippen molar-refractivity contribution >= 4 is 0 Å². The molecule has 3 heteroatoms. The van der Waals surface area contributed by atoms with Crippen LogP contribution in [0.2, 0.25) is 0 Å². The van der Waals surface area contributed by atoms with E-state index in [-0.39, 0.29) is 0 Å². The van der Waals surface area contributed by atoms with Crippen LogP contribution in [0.1, 0.15) is 26.2 Å². The van der Waals surface area contributed by atoms with E-state index in [0.717, 1.165) is 44.4 Å². The molecule has 3 unspecified atom stereocenters. The average molecular weight is 200 g/mol. The Balaban J connectivity index is 1.85. The second kappa shape index (κ2) is 6.38. The molecular formula is C11H24N2O. The van der Waals surface area contributed by atoms with E-state index >= 15 is 0 Å². The van der Waals surface area contributed by atoms with Crippen molar-refractivity contribution in [1.82, 2.24) is 5.32 Å². The zero-order valence-electron chi connectivity index (χ0n) is 9.46. The van der Waals surface area contributed by atoms with Crippen LogP contribution in [0.4, 0.5) is 0 Å². The molecule has 1 rings (SSSR count). The molecule has 1 aliphatic rings. The first-order chi connectivity index (χ1) is 6.74. The Morgan fingerprint density at radius 2 is 2.29 bits per heavy atom. The highest BCUT2D eigenvalue weighted by molar-refractivity contribution is 4.84. The second-order valence-corrected chi connectivity index (χ2v) is 4.53. The fraction of sp³-hybridized carbons (Fsp3) is 1.00. The van der Waals surface area contributed by atoms with E-state index in [1.807, 2.05) is 0 Å². The number of rotatable bonds is 8. The van der Waals surface area contributed by atoms with E-state index in [2.05, 4.69) is 12.2 Å². The zero-order valence-corrected chi connectivity index (χ0v) is 9.46. The van der Waals surface area contributed by atoms with E-state index < -0.39 is 0 Å². The third kappa shape index (κ3) is 4.94. The molecular weight excluding hydrogens is 176 g/mol. The highest BCUT2D eigenvalue weighted by Crippen LogP contribution is 2.36. The van der Waals surface area contributed by atoms with Crippen molar-refractivity contribution < 1.29 is 4.74 Å². The van der Waals surface area contributed by atoms with Gasteiger partial charge in [0.1, 0.15) is 0 Å². The summed E-state index contributed by atoms with van der Waals surface area (Å²) >= 11 is 0. The Bertz CT molecular complexity index is 152. The minimum atomic E-state index is 0.291. The van der Waals surface area contributed by atoms with E-state index in [0.29, 0.717) is 6.04 Å². The first-order valence-electron chi connectivity index (χ1n) is 5.69. The molecule has 1 saturated carbocycles. The van der Waals surface area contributed by atoms with Crippen LogP contribution in [0.15, 0.2) is 0 Å². The lowest BCUT2D eigenvalue weighted by molar-refractivity contribution is 0.190. The number of ether oxygens (including phenoxy) is 1. The standard InChI is InChI=1S/C11H24N2O/c1-9-6-10(9)7-13-8-11(12)4-3-5-14-2/h9-11,13H,3-8,12H2,1-2H3. The molecule has 0 aromatic rings. The molecule has 0 amide bonds. The fourth-order valence-electron chi connectivity index (χ4n) is 1.73. The monoisotopic (exact) mass is 200 g/mol. The highest BCUT2D eigenvalue weighted by atomic mass is 16.5. The van der Waals surface area contributed by atoms with E-state index in [1.54, 1.807) is 7.11 Å². The Morgan fingerprint density at radius 3 is 2.86 bits per heavy atom. The molecule has 0 heterocycles. The molecule has 84 valence electrons. The SMILES string of the molecule is COCCCC(N)CNCC1CC1C. The molecule has 3 N–H and O–H groups in total. The molecule has 0 bridgehead atoms. The number of hydrogen-bond acceptors (Lipinski definition) is 3. The van der Waals surface area contributed by atoms with Gasteiger partial charge in [-0.05, 0) is 37.6 Å². The van der Waals surface area contributed by atoms with Crippen molar-refractivity contribution in [1.29, 1.82) is 0 Å². The first kappa shape index (κ1) is 12.0. The largest absolute Gasteiger partial charge is 0.385 e. The molecule has 0 saturated heterocycles. The molecule has 3 nitrogen and oxygen atoms in total. The average Bonchev–Trinajstić information content (AvgIpc) is 2.83. The number of nitrogens with two attached hydrogens (primary N) is 1. The van der Waals surface area contributed by atoms with Crippen molar-refractivity contribution in [2.45, 2.75) is 32.2 Å². The Hall–Kier alpha value is -0.120. The van der Waals surface area contributed by atoms with Crippen molar-refractivity contribution in [3.8, 4) is 0 Å². The summed E-state index contributed by atoms with van der Waals surface area (Å²) in [7, 11) is 1.73. The Kier molecular flexibility index (Phi) is 5.45. The minimum absolute atomic E-state index is 0.291. The lowest BCUT2D eigenvalue weighted by Crippen LogP contribution is -2.35. The van der Waals surface area contributed by atoms with E-state index in [1.165, 1.54) is 6.42 Å². The molecule has 0 aliphatic heterocycles. The van der Waals surface area contributed by atoms with Gasteiger partial charge in [-0.2, -0.15) is 0 Å². The predicted molar refractivity (Wildman–Crippen MR) is 59.2 cm³/mol. The van der Waals surface area contributed by atoms with Gasteiger partial charge in [0.2, 0.25) is 0 Å². The van der Waals surface area contributed by atoms with Crippen LogP contribution in [0.3, 0.4) is 0 Å². The number of hydrogen-bond donors (Lipinski definition) is 2. The smallest absolute Gasteiger partial charge is 0.0462 e. The van der Waals surface area contributed by atoms with Gasteiger partial charge in [-0.25, -0.2) is 0 Å². The summed E-state index contributed by atoms with van der Waals surface area (Å²) in [6.07, 6.45) is 3.52. The van der Waals surface area contributed by atoms with Gasteiger partial charge in [-0.1, -0.05) is 6.92 Å². The van der Waals surface area contributed by atoms with Crippen molar-refractivity contribution in [3.63, 3.8) is 0 Å². The van der Waals surface area contributed by atoms with Crippen LogP contribution in [0.5, 0.6) is 0 Å². The van der Waals surface area contributed by atoms with Crippen molar-refractivity contribution in [3.05, 3.63) is 0 Å². The van der Waals surface area contributed by atoms with Crippen LogP contribution >= 0.6 is 0 Å². The van der Waals surface area contributed by atoms with E-state index in [9.17, 15) is 0 Å². The summed E-state index contributed by atoms with van der Waals surface area (Å²) in [5.41, 5.74) is 5.94. The molecule has 1 fully saturated rings. The lowest BCUT2D eigenvalue weighted by Gasteiger charge is -2.12. The predicted octanol–water partition coefficient (Wildman–Crippen LogP) is 0.986. The molecule has 0 radical (unpaired) electrons. The van der Waals surface area contributed by atoms with Crippen LogP contribution in [-0.2, 0) is 4.74 Å². The number of methoxy groups -OCH3 is 1. The molecule has 14 heavy (non-hydrogen) atoms. The summed E-state index contributed by atoms with van der Waals surface area (Å²) in [5.74, 6) is 1.85. The zero-order chi connectivity index (χ0) is 10.4. The molecule has 0 aromatic heterocycles. The van der Waals surface area contributed by atoms with Crippen molar-refractivity contribution in [2.24, 2.45) is 17.6 Å². The summed E-state index contributed by atoms with van der Waals surface area (Å²) < 4.78 is 4.98. The van der Waals surface area contributed by atoms with E-state index in [4.69, 9.17) is 10.5 Å². The third-order valence-corrected chi connectivity index (χ3v) is 3.01. The third-order valence-electron chi connectivity index (χ3n) is 3.01.